The van der Waals surface area contributed by atoms with Crippen molar-refractivity contribution in [3.05, 3.63) is 5.69 Å². The van der Waals surface area contributed by atoms with Crippen LogP contribution in [0.4, 0.5) is 11.5 Å². The van der Waals surface area contributed by atoms with Crippen molar-refractivity contribution in [2.45, 2.75) is 51.6 Å². The Balaban J connectivity index is 2.22. The Morgan fingerprint density at radius 2 is 1.95 bits per heavy atom. The average Bonchev–Trinajstić information content (AvgIpc) is 2.59. The van der Waals surface area contributed by atoms with Gasteiger partial charge in [-0.3, -0.25) is 0 Å². The maximum Gasteiger partial charge on any atom is 0.150 e. The fourth-order valence-corrected chi connectivity index (χ4v) is 3.20. The predicted octanol–water partition coefficient (Wildman–Crippen LogP) is 2.10. The van der Waals surface area contributed by atoms with Crippen LogP contribution in [-0.2, 0) is 6.54 Å². The van der Waals surface area contributed by atoms with Gasteiger partial charge >= 0.3 is 0 Å². The maximum absolute atomic E-state index is 6.25. The second-order valence-electron chi connectivity index (χ2n) is 6.37. The molecule has 0 aliphatic heterocycles. The molecule has 5 heteroatoms. The third-order valence-electron chi connectivity index (χ3n) is 4.71. The molecule has 1 fully saturated rings. The number of aryl methyl sites for hydroxylation is 2. The van der Waals surface area contributed by atoms with E-state index in [0.717, 1.165) is 36.7 Å². The van der Waals surface area contributed by atoms with Crippen molar-refractivity contribution < 1.29 is 0 Å². The first-order valence-corrected chi connectivity index (χ1v) is 7.62. The molecule has 5 nitrogen and oxygen atoms in total. The van der Waals surface area contributed by atoms with Crippen LogP contribution >= 0.6 is 0 Å². The van der Waals surface area contributed by atoms with Crippen LogP contribution in [0.1, 0.15) is 38.3 Å². The molecule has 2 rings (SSSR count). The van der Waals surface area contributed by atoms with Crippen molar-refractivity contribution in [3.8, 4) is 0 Å². The van der Waals surface area contributed by atoms with Crippen LogP contribution < -0.4 is 10.6 Å². The van der Waals surface area contributed by atoms with Gasteiger partial charge in [0, 0.05) is 25.7 Å². The normalized spacial score (nSPS) is 17.3. The summed E-state index contributed by atoms with van der Waals surface area (Å²) in [5.74, 6) is 1.08. The van der Waals surface area contributed by atoms with Crippen LogP contribution in [0.5, 0.6) is 0 Å². The number of nitrogens with two attached hydrogens (primary N) is 1. The molecule has 0 unspecified atom stereocenters. The smallest absolute Gasteiger partial charge is 0.150 e. The standard InChI is InChI=1S/C15H29N5/c1-6-10-20-14(13(16)12(2)17-20)19(5)11-15(18(3)4)8-7-9-15/h6-11,16H2,1-5H3. The van der Waals surface area contributed by atoms with E-state index in [2.05, 4.69) is 47.6 Å². The highest BCUT2D eigenvalue weighted by atomic mass is 15.4. The third kappa shape index (κ3) is 2.51. The number of aromatic nitrogens is 2. The molecule has 0 aromatic carbocycles. The first kappa shape index (κ1) is 15.2. The highest BCUT2D eigenvalue weighted by Crippen LogP contribution is 2.38. The molecule has 114 valence electrons. The first-order valence-electron chi connectivity index (χ1n) is 7.62. The van der Waals surface area contributed by atoms with Crippen molar-refractivity contribution in [1.29, 1.82) is 0 Å². The van der Waals surface area contributed by atoms with E-state index in [4.69, 9.17) is 5.73 Å². The SMILES string of the molecule is CCCn1nc(C)c(N)c1N(C)CC1(N(C)C)CCC1. The van der Waals surface area contributed by atoms with Gasteiger partial charge < -0.3 is 15.5 Å². The fraction of sp³-hybridized carbons (Fsp3) is 0.800. The molecule has 1 aliphatic carbocycles. The predicted molar refractivity (Wildman–Crippen MR) is 85.2 cm³/mol. The number of anilines is 2. The third-order valence-corrected chi connectivity index (χ3v) is 4.71. The van der Waals surface area contributed by atoms with Gasteiger partial charge in [-0.2, -0.15) is 5.10 Å². The van der Waals surface area contributed by atoms with E-state index < -0.39 is 0 Å². The molecule has 0 saturated heterocycles. The minimum Gasteiger partial charge on any atom is -0.394 e. The zero-order chi connectivity index (χ0) is 14.9. The number of hydrogen-bond donors (Lipinski definition) is 1. The summed E-state index contributed by atoms with van der Waals surface area (Å²) >= 11 is 0. The maximum atomic E-state index is 6.25. The topological polar surface area (TPSA) is 50.3 Å². The molecule has 20 heavy (non-hydrogen) atoms. The summed E-state index contributed by atoms with van der Waals surface area (Å²) in [6.45, 7) is 6.10. The van der Waals surface area contributed by atoms with E-state index >= 15 is 0 Å². The van der Waals surface area contributed by atoms with Crippen molar-refractivity contribution in [3.63, 3.8) is 0 Å². The monoisotopic (exact) mass is 279 g/mol. The van der Waals surface area contributed by atoms with Gasteiger partial charge in [0.15, 0.2) is 0 Å². The lowest BCUT2D eigenvalue weighted by molar-refractivity contribution is 0.0680. The molecule has 1 aliphatic rings. The summed E-state index contributed by atoms with van der Waals surface area (Å²) in [5.41, 5.74) is 8.32. The summed E-state index contributed by atoms with van der Waals surface area (Å²) in [4.78, 5) is 4.67. The van der Waals surface area contributed by atoms with Crippen LogP contribution in [0.2, 0.25) is 0 Å². The number of nitrogen functional groups attached to an aromatic ring is 1. The second-order valence-corrected chi connectivity index (χ2v) is 6.37. The Kier molecular flexibility index (Phi) is 4.28. The molecule has 1 saturated carbocycles. The van der Waals surface area contributed by atoms with Gasteiger partial charge in [0.25, 0.3) is 0 Å². The summed E-state index contributed by atoms with van der Waals surface area (Å²) < 4.78 is 2.06. The molecule has 0 bridgehead atoms. The number of nitrogens with zero attached hydrogens (tertiary/aromatic N) is 4. The summed E-state index contributed by atoms with van der Waals surface area (Å²) in [7, 11) is 6.51. The van der Waals surface area contributed by atoms with E-state index in [1.54, 1.807) is 0 Å². The fourth-order valence-electron chi connectivity index (χ4n) is 3.20. The minimum atomic E-state index is 0.302. The van der Waals surface area contributed by atoms with Crippen LogP contribution in [0.3, 0.4) is 0 Å². The second kappa shape index (κ2) is 5.64. The Hall–Kier alpha value is -1.23. The Bertz CT molecular complexity index is 459. The van der Waals surface area contributed by atoms with E-state index in [9.17, 15) is 0 Å². The van der Waals surface area contributed by atoms with Crippen LogP contribution in [0, 0.1) is 6.92 Å². The lowest BCUT2D eigenvalue weighted by Gasteiger charge is -2.49. The molecule has 1 aromatic heterocycles. The molecule has 0 spiro atoms. The van der Waals surface area contributed by atoms with Crippen molar-refractivity contribution in [1.82, 2.24) is 14.7 Å². The zero-order valence-corrected chi connectivity index (χ0v) is 13.6. The van der Waals surface area contributed by atoms with Gasteiger partial charge in [0.2, 0.25) is 0 Å². The minimum absolute atomic E-state index is 0.302. The van der Waals surface area contributed by atoms with E-state index in [-0.39, 0.29) is 0 Å². The quantitative estimate of drug-likeness (QED) is 0.866. The number of rotatable bonds is 6. The highest BCUT2D eigenvalue weighted by molar-refractivity contribution is 5.66. The molecule has 1 aromatic rings. The van der Waals surface area contributed by atoms with Crippen molar-refractivity contribution in [2.75, 3.05) is 38.3 Å². The summed E-state index contributed by atoms with van der Waals surface area (Å²) in [6, 6.07) is 0. The first-order chi connectivity index (χ1) is 9.41. The van der Waals surface area contributed by atoms with Gasteiger partial charge in [0.05, 0.1) is 11.4 Å². The van der Waals surface area contributed by atoms with Gasteiger partial charge in [-0.15, -0.1) is 0 Å². The molecule has 2 N–H and O–H groups in total. The van der Waals surface area contributed by atoms with Crippen LogP contribution in [0.15, 0.2) is 0 Å². The summed E-state index contributed by atoms with van der Waals surface area (Å²) in [6.07, 6.45) is 4.94. The van der Waals surface area contributed by atoms with E-state index in [1.165, 1.54) is 19.3 Å². The Labute approximate surface area is 122 Å². The van der Waals surface area contributed by atoms with Crippen molar-refractivity contribution >= 4 is 11.5 Å². The van der Waals surface area contributed by atoms with Gasteiger partial charge in [0.1, 0.15) is 5.82 Å². The van der Waals surface area contributed by atoms with Gasteiger partial charge in [-0.25, -0.2) is 4.68 Å². The zero-order valence-electron chi connectivity index (χ0n) is 13.6. The molecule has 0 amide bonds. The molecule has 1 heterocycles. The van der Waals surface area contributed by atoms with Crippen LogP contribution in [-0.4, -0.2) is 47.9 Å². The van der Waals surface area contributed by atoms with E-state index in [1.807, 2.05) is 6.92 Å². The van der Waals surface area contributed by atoms with E-state index in [0.29, 0.717) is 5.54 Å². The molecular formula is C15H29N5. The van der Waals surface area contributed by atoms with Crippen LogP contribution in [0.25, 0.3) is 0 Å². The Morgan fingerprint density at radius 1 is 1.30 bits per heavy atom. The lowest BCUT2D eigenvalue weighted by atomic mass is 9.75. The largest absolute Gasteiger partial charge is 0.394 e. The average molecular weight is 279 g/mol. The van der Waals surface area contributed by atoms with Crippen molar-refractivity contribution in [2.24, 2.45) is 0 Å². The van der Waals surface area contributed by atoms with Gasteiger partial charge in [-0.1, -0.05) is 6.92 Å². The lowest BCUT2D eigenvalue weighted by Crippen LogP contribution is -2.57. The molecule has 0 radical (unpaired) electrons. The van der Waals surface area contributed by atoms with Gasteiger partial charge in [-0.05, 0) is 46.7 Å². The number of likely N-dealkylation sites (N-methyl/N-ethyl adjacent to an activating group) is 2. The Morgan fingerprint density at radius 3 is 2.40 bits per heavy atom. The summed E-state index contributed by atoms with van der Waals surface area (Å²) in [5, 5.41) is 4.58. The number of hydrogen-bond acceptors (Lipinski definition) is 4. The molecular weight excluding hydrogens is 250 g/mol. The highest BCUT2D eigenvalue weighted by Gasteiger charge is 2.40. The molecule has 0 atom stereocenters.